The van der Waals surface area contributed by atoms with Crippen molar-refractivity contribution >= 4 is 40.6 Å². The first-order valence-corrected chi connectivity index (χ1v) is 10.8. The third-order valence-corrected chi connectivity index (χ3v) is 5.22. The van der Waals surface area contributed by atoms with Crippen molar-refractivity contribution in [3.63, 3.8) is 0 Å². The summed E-state index contributed by atoms with van der Waals surface area (Å²) in [4.78, 5) is 12.3. The molecule has 0 saturated heterocycles. The van der Waals surface area contributed by atoms with Crippen LogP contribution in [0.4, 0.5) is 29.3 Å². The van der Waals surface area contributed by atoms with E-state index in [0.717, 1.165) is 17.8 Å². The predicted octanol–water partition coefficient (Wildman–Crippen LogP) is 6.82. The molecule has 3 aromatic carbocycles. The van der Waals surface area contributed by atoms with Gasteiger partial charge in [0.15, 0.2) is 0 Å². The molecule has 1 aromatic heterocycles. The van der Waals surface area contributed by atoms with Crippen molar-refractivity contribution in [2.24, 2.45) is 0 Å². The molecule has 0 spiro atoms. The molecule has 1 heterocycles. The molecule has 0 aliphatic rings. The molecule has 0 bridgehead atoms. The van der Waals surface area contributed by atoms with Gasteiger partial charge in [-0.2, -0.15) is 13.2 Å². The summed E-state index contributed by atoms with van der Waals surface area (Å²) in [5, 5.41) is 13.2. The van der Waals surface area contributed by atoms with Crippen LogP contribution in [0.5, 0.6) is 5.75 Å². The minimum absolute atomic E-state index is 0.0598. The van der Waals surface area contributed by atoms with E-state index in [-0.39, 0.29) is 12.3 Å². The van der Waals surface area contributed by atoms with Gasteiger partial charge in [0.25, 0.3) is 0 Å². The lowest BCUT2D eigenvalue weighted by molar-refractivity contribution is -0.137. The van der Waals surface area contributed by atoms with E-state index >= 15 is 0 Å². The smallest absolute Gasteiger partial charge is 0.417 e. The molecule has 0 aliphatic heterocycles. The molecule has 180 valence electrons. The highest BCUT2D eigenvalue weighted by Crippen LogP contribution is 2.36. The lowest BCUT2D eigenvalue weighted by Gasteiger charge is -2.13. The molecule has 0 radical (unpaired) electrons. The third-order valence-electron chi connectivity index (χ3n) is 4.64. The fourth-order valence-electron chi connectivity index (χ4n) is 3.02. The molecule has 4 rings (SSSR count). The van der Waals surface area contributed by atoms with Crippen LogP contribution in [0.25, 0.3) is 5.69 Å². The minimum atomic E-state index is -4.64. The van der Waals surface area contributed by atoms with E-state index in [2.05, 4.69) is 20.9 Å². The van der Waals surface area contributed by atoms with Crippen molar-refractivity contribution in [2.45, 2.75) is 12.8 Å². The summed E-state index contributed by atoms with van der Waals surface area (Å²) in [5.74, 6) is 0.440. The van der Waals surface area contributed by atoms with Crippen molar-refractivity contribution in [3.05, 3.63) is 94.2 Å². The predicted molar refractivity (Wildman–Crippen MR) is 126 cm³/mol. The molecular weight excluding hydrogens is 506 g/mol. The average molecular weight is 522 g/mol. The van der Waals surface area contributed by atoms with Gasteiger partial charge in [-0.05, 0) is 54.6 Å². The number of hydrogen-bond donors (Lipinski definition) is 2. The summed E-state index contributed by atoms with van der Waals surface area (Å²) in [6, 6.07) is 16.0. The topological polar surface area (TPSA) is 81.1 Å². The maximum absolute atomic E-state index is 13.0. The van der Waals surface area contributed by atoms with Crippen LogP contribution in [0, 0.1) is 0 Å². The van der Waals surface area contributed by atoms with Gasteiger partial charge in [-0.3, -0.25) is 0 Å². The number of carbonyl (C=O) groups excluding carboxylic acids is 1. The van der Waals surface area contributed by atoms with Crippen LogP contribution < -0.4 is 15.4 Å². The normalized spacial score (nSPS) is 11.2. The van der Waals surface area contributed by atoms with Crippen molar-refractivity contribution in [2.75, 3.05) is 10.6 Å². The number of rotatable bonds is 6. The number of urea groups is 1. The number of aromatic nitrogens is 3. The number of benzene rings is 3. The van der Waals surface area contributed by atoms with Crippen LogP contribution in [-0.4, -0.2) is 21.0 Å². The van der Waals surface area contributed by atoms with Crippen LogP contribution in [0.1, 0.15) is 11.3 Å². The summed E-state index contributed by atoms with van der Waals surface area (Å²) in [5.41, 5.74) is 0.623. The van der Waals surface area contributed by atoms with Crippen LogP contribution in [0.3, 0.4) is 0 Å². The standard InChI is InChI=1S/C23H16Cl2F3N5O2/c24-14-4-7-18(8-5-14)33-12-17(31-32-33)13-35-19-3-1-2-15(10-19)29-22(34)30-16-6-9-21(25)20(11-16)23(26,27)28/h1-12H,13H2,(H2,29,30,34). The quantitative estimate of drug-likeness (QED) is 0.291. The highest BCUT2D eigenvalue weighted by atomic mass is 35.5. The Kier molecular flexibility index (Phi) is 7.13. The molecule has 4 aromatic rings. The van der Waals surface area contributed by atoms with E-state index in [0.29, 0.717) is 22.2 Å². The highest BCUT2D eigenvalue weighted by molar-refractivity contribution is 6.31. The fourth-order valence-corrected chi connectivity index (χ4v) is 3.37. The van der Waals surface area contributed by atoms with Crippen LogP contribution in [-0.2, 0) is 12.8 Å². The number of alkyl halides is 3. The van der Waals surface area contributed by atoms with Gasteiger partial charge in [0.2, 0.25) is 0 Å². The van der Waals surface area contributed by atoms with Crippen LogP contribution >= 0.6 is 23.2 Å². The molecule has 12 heteroatoms. The van der Waals surface area contributed by atoms with Gasteiger partial charge in [0.1, 0.15) is 18.1 Å². The van der Waals surface area contributed by atoms with E-state index in [1.54, 1.807) is 59.4 Å². The highest BCUT2D eigenvalue weighted by Gasteiger charge is 2.33. The number of ether oxygens (including phenoxy) is 1. The summed E-state index contributed by atoms with van der Waals surface area (Å²) in [7, 11) is 0. The lowest BCUT2D eigenvalue weighted by Crippen LogP contribution is -2.20. The number of amides is 2. The van der Waals surface area contributed by atoms with Crippen molar-refractivity contribution < 1.29 is 22.7 Å². The van der Waals surface area contributed by atoms with Gasteiger partial charge in [0, 0.05) is 22.5 Å². The van der Waals surface area contributed by atoms with Crippen molar-refractivity contribution in [3.8, 4) is 11.4 Å². The largest absolute Gasteiger partial charge is 0.487 e. The van der Waals surface area contributed by atoms with E-state index < -0.39 is 22.8 Å². The number of halogens is 5. The Hall–Kier alpha value is -3.76. The Morgan fingerprint density at radius 1 is 0.971 bits per heavy atom. The zero-order valence-corrected chi connectivity index (χ0v) is 19.2. The first-order chi connectivity index (χ1) is 16.7. The van der Waals surface area contributed by atoms with Crippen molar-refractivity contribution in [1.29, 1.82) is 0 Å². The monoisotopic (exact) mass is 521 g/mol. The van der Waals surface area contributed by atoms with E-state index in [9.17, 15) is 18.0 Å². The Morgan fingerprint density at radius 3 is 2.40 bits per heavy atom. The molecule has 0 aliphatic carbocycles. The zero-order chi connectivity index (χ0) is 25.0. The average Bonchev–Trinajstić information content (AvgIpc) is 3.28. The number of nitrogens with zero attached hydrogens (tertiary/aromatic N) is 3. The second-order valence-electron chi connectivity index (χ2n) is 7.22. The Morgan fingerprint density at radius 2 is 1.69 bits per heavy atom. The Balaban J connectivity index is 1.35. The fraction of sp³-hybridized carbons (Fsp3) is 0.0870. The van der Waals surface area contributed by atoms with Gasteiger partial charge in [0.05, 0.1) is 22.5 Å². The Labute approximate surface area is 207 Å². The summed E-state index contributed by atoms with van der Waals surface area (Å²) in [6.07, 6.45) is -2.93. The first-order valence-electron chi connectivity index (χ1n) is 10.0. The summed E-state index contributed by atoms with van der Waals surface area (Å²) >= 11 is 11.5. The second kappa shape index (κ2) is 10.2. The van der Waals surface area contributed by atoms with Crippen LogP contribution in [0.2, 0.25) is 10.0 Å². The number of anilines is 2. The second-order valence-corrected chi connectivity index (χ2v) is 8.06. The van der Waals surface area contributed by atoms with Gasteiger partial charge in [-0.25, -0.2) is 9.48 Å². The minimum Gasteiger partial charge on any atom is -0.487 e. The number of carbonyl (C=O) groups is 1. The van der Waals surface area contributed by atoms with E-state index in [4.69, 9.17) is 27.9 Å². The van der Waals surface area contributed by atoms with Crippen LogP contribution in [0.15, 0.2) is 72.9 Å². The van der Waals surface area contributed by atoms with Gasteiger partial charge in [-0.1, -0.05) is 34.5 Å². The van der Waals surface area contributed by atoms with Gasteiger partial charge >= 0.3 is 12.2 Å². The summed E-state index contributed by atoms with van der Waals surface area (Å²) in [6.45, 7) is 0.119. The lowest BCUT2D eigenvalue weighted by atomic mass is 10.2. The number of nitrogens with one attached hydrogen (secondary N) is 2. The van der Waals surface area contributed by atoms with E-state index in [1.807, 2.05) is 0 Å². The third kappa shape index (κ3) is 6.43. The van der Waals surface area contributed by atoms with E-state index in [1.165, 1.54) is 6.07 Å². The molecule has 0 saturated carbocycles. The first kappa shape index (κ1) is 24.4. The number of hydrogen-bond acceptors (Lipinski definition) is 4. The molecule has 0 fully saturated rings. The van der Waals surface area contributed by atoms with Gasteiger partial charge in [-0.15, -0.1) is 5.10 Å². The molecule has 0 atom stereocenters. The summed E-state index contributed by atoms with van der Waals surface area (Å²) < 4.78 is 46.3. The van der Waals surface area contributed by atoms with Crippen molar-refractivity contribution in [1.82, 2.24) is 15.0 Å². The van der Waals surface area contributed by atoms with Gasteiger partial charge < -0.3 is 15.4 Å². The molecule has 2 N–H and O–H groups in total. The molecule has 2 amide bonds. The molecule has 35 heavy (non-hydrogen) atoms. The zero-order valence-electron chi connectivity index (χ0n) is 17.7. The maximum Gasteiger partial charge on any atom is 0.417 e. The molecule has 7 nitrogen and oxygen atoms in total. The molecular formula is C23H16Cl2F3N5O2. The molecule has 0 unspecified atom stereocenters. The maximum atomic E-state index is 13.0. The SMILES string of the molecule is O=C(Nc1cccc(OCc2cn(-c3ccc(Cl)cc3)nn2)c1)Nc1ccc(Cl)c(C(F)(F)F)c1. The Bertz CT molecular complexity index is 1340.